The molecule has 99 heavy (non-hydrogen) atoms. The molecule has 29 heteroatoms. The first-order valence-electron chi connectivity index (χ1n) is 35.5. The van der Waals surface area contributed by atoms with Gasteiger partial charge < -0.3 is 141 Å². The van der Waals surface area contributed by atoms with Gasteiger partial charge in [0, 0.05) is 98.1 Å². The Morgan fingerprint density at radius 2 is 1.23 bits per heavy atom. The van der Waals surface area contributed by atoms with Crippen LogP contribution in [-0.2, 0) is 52.2 Å². The maximum Gasteiger partial charge on any atom is 0.331 e. The topological polar surface area (TPSA) is 485 Å². The van der Waals surface area contributed by atoms with E-state index in [1.54, 1.807) is 66.7 Å². The quantitative estimate of drug-likeness (QED) is 0.0714. The van der Waals surface area contributed by atoms with Crippen LogP contribution in [0.1, 0.15) is 154 Å². The fourth-order valence-electron chi connectivity index (χ4n) is 14.0. The van der Waals surface area contributed by atoms with Gasteiger partial charge in [0.2, 0.25) is 0 Å². The molecule has 6 rings (SSSR count). The van der Waals surface area contributed by atoms with Gasteiger partial charge in [-0.1, -0.05) is 78.8 Å². The second-order valence-electron chi connectivity index (χ2n) is 29.6. The van der Waals surface area contributed by atoms with E-state index in [0.29, 0.717) is 18.4 Å². The Bertz CT molecular complexity index is 2560. The first-order valence-corrected chi connectivity index (χ1v) is 35.5. The average Bonchev–Trinajstić information content (AvgIpc) is 0.779. The highest BCUT2D eigenvalue weighted by molar-refractivity contribution is 5.82. The van der Waals surface area contributed by atoms with Crippen LogP contribution < -0.4 is 11.5 Å². The van der Waals surface area contributed by atoms with E-state index in [9.17, 15) is 86.5 Å². The molecule has 5 saturated heterocycles. The van der Waals surface area contributed by atoms with Crippen molar-refractivity contribution in [3.8, 4) is 0 Å². The van der Waals surface area contributed by atoms with Gasteiger partial charge in [-0.15, -0.1) is 0 Å². The number of ether oxygens (including phenoxy) is 10. The summed E-state index contributed by atoms with van der Waals surface area (Å²) in [4.78, 5) is 13.8. The van der Waals surface area contributed by atoms with Crippen LogP contribution in [0, 0.1) is 35.5 Å². The fraction of sp³-hybridized carbons (Fsp3) is 0.871. The molecule has 29 nitrogen and oxygen atoms in total. The minimum atomic E-state index is -2.73. The van der Waals surface area contributed by atoms with E-state index in [4.69, 9.17) is 58.8 Å². The summed E-state index contributed by atoms with van der Waals surface area (Å²) >= 11 is 0. The first kappa shape index (κ1) is 85.3. The lowest BCUT2D eigenvalue weighted by molar-refractivity contribution is -0.388. The molecular formula is C70H122N2O27. The summed E-state index contributed by atoms with van der Waals surface area (Å²) in [5.41, 5.74) is 12.1. The Labute approximate surface area is 582 Å². The molecule has 0 spiro atoms. The number of hydrogen-bond donors (Lipinski definition) is 18. The van der Waals surface area contributed by atoms with E-state index in [-0.39, 0.29) is 44.9 Å². The van der Waals surface area contributed by atoms with Crippen LogP contribution in [0.5, 0.6) is 0 Å². The lowest BCUT2D eigenvalue weighted by Crippen LogP contribution is -2.65. The number of cyclic esters (lactones) is 1. The standard InChI is InChI=1S/C70H122N2O27/c1-14-41(57(81)36(8)51(15-2)95-55-30-69(13,72)65(87)40(12)91-55)19-22-43-21-17-33(5)56(80)35(7)49(77)28-48(76)34(6)47(75)25-44-26-50(78)66(88)70(89,99-44)29-52(32(4)16-20-42(73)24-46(74)31(3)18-23-53(79)94-43)96-68-64(98-67-62(86)61(85)59(83)38(10)92-67)63(60(84)39(11)93-68)97-54-27-45(71)58(82)37(9)90-54/h16-20,22-23,31-32,34-52,54-68,73-78,80-89H,14-15,21,24-30,71-72H2,1-13H3/t31-,32-,34-,35-,36-,37+,38+,39+,40-,41-,42+,43-,44+,45+,46+,47+,48+,49+,50-,51-,52+,54-,55-,56+,57-,58+,59+,60+,61-,62+,63-,64+,65+,66+,67-,68-,69-,70-/m0/s1. The maximum absolute atomic E-state index is 13.8. The van der Waals surface area contributed by atoms with Crippen molar-refractivity contribution in [2.45, 2.75) is 349 Å². The summed E-state index contributed by atoms with van der Waals surface area (Å²) < 4.78 is 62.2. The molecule has 0 amide bonds. The van der Waals surface area contributed by atoms with Crippen molar-refractivity contribution in [1.29, 1.82) is 0 Å². The second kappa shape index (κ2) is 37.5. The van der Waals surface area contributed by atoms with Crippen molar-refractivity contribution < 1.29 is 134 Å². The lowest BCUT2D eigenvalue weighted by Gasteiger charge is -2.49. The molecule has 0 aliphatic carbocycles. The summed E-state index contributed by atoms with van der Waals surface area (Å²) in [5.74, 6) is -8.17. The number of hydrogen-bond acceptors (Lipinski definition) is 29. The molecule has 0 aromatic carbocycles. The van der Waals surface area contributed by atoms with Gasteiger partial charge >= 0.3 is 5.97 Å². The lowest BCUT2D eigenvalue weighted by atomic mass is 9.83. The van der Waals surface area contributed by atoms with Gasteiger partial charge in [-0.25, -0.2) is 4.79 Å². The molecule has 20 N–H and O–H groups in total. The number of carbonyl (C=O) groups excluding carboxylic acids is 1. The van der Waals surface area contributed by atoms with Crippen LogP contribution in [0.15, 0.2) is 48.1 Å². The van der Waals surface area contributed by atoms with Crippen LogP contribution in [0.3, 0.4) is 0 Å². The van der Waals surface area contributed by atoms with E-state index in [1.165, 1.54) is 39.0 Å². The zero-order valence-electron chi connectivity index (χ0n) is 59.7. The maximum atomic E-state index is 13.8. The van der Waals surface area contributed by atoms with Crippen molar-refractivity contribution in [2.24, 2.45) is 47.0 Å². The van der Waals surface area contributed by atoms with Crippen LogP contribution in [0.2, 0.25) is 0 Å². The molecule has 38 atom stereocenters. The van der Waals surface area contributed by atoms with Crippen molar-refractivity contribution in [1.82, 2.24) is 0 Å². The second-order valence-corrected chi connectivity index (χ2v) is 29.6. The highest BCUT2D eigenvalue weighted by atomic mass is 16.8. The molecule has 0 aromatic rings. The third kappa shape index (κ3) is 22.5. The zero-order chi connectivity index (χ0) is 74.0. The fourth-order valence-corrected chi connectivity index (χ4v) is 14.0. The van der Waals surface area contributed by atoms with Crippen LogP contribution in [0.25, 0.3) is 0 Å². The number of aliphatic hydroxyl groups is 16. The minimum Gasteiger partial charge on any atom is -0.455 e. The van der Waals surface area contributed by atoms with Gasteiger partial charge in [0.05, 0.1) is 104 Å². The molecule has 574 valence electrons. The first-order chi connectivity index (χ1) is 46.2. The zero-order valence-corrected chi connectivity index (χ0v) is 59.7. The summed E-state index contributed by atoms with van der Waals surface area (Å²) in [7, 11) is 0. The van der Waals surface area contributed by atoms with Gasteiger partial charge in [-0.2, -0.15) is 0 Å². The molecule has 2 bridgehead atoms. The highest BCUT2D eigenvalue weighted by Gasteiger charge is 2.56. The van der Waals surface area contributed by atoms with Gasteiger partial charge in [-0.05, 0) is 72.5 Å². The summed E-state index contributed by atoms with van der Waals surface area (Å²) in [6.45, 7) is 21.5. The van der Waals surface area contributed by atoms with E-state index in [1.807, 2.05) is 20.8 Å². The summed E-state index contributed by atoms with van der Waals surface area (Å²) in [5, 5.41) is 183. The summed E-state index contributed by atoms with van der Waals surface area (Å²) in [6.07, 6.45) is -28.8. The Hall–Kier alpha value is -2.65. The van der Waals surface area contributed by atoms with Gasteiger partial charge in [-0.3, -0.25) is 0 Å². The normalized spacial score (nSPS) is 47.8. The molecule has 0 saturated carbocycles. The SMILES string of the molecule is CC[C@@H](C=C[C@@H]1CC=C(C)[C@@H](O)[C@@H](C)[C@H](O)C[C@@H](O)[C@@H](C)[C@H](O)C[C@@H]2C[C@H](O)[C@@H](O)[C@](O)(C[C@@H](O[C@@H]3O[C@H](C)[C@@H](O)[C@H](O[C@H]4C[C@@H](N)[C@H](O)[C@@H](C)O4)[C@H]3O[C@@H]3O[C@H](C)[C@@H](O)[C@H](O)[C@H]3O)[C@@H](C)C=C[C@@H](O)C[C@@H](O)[C@@H](C)C=CC(=O)O1)O2)[C@@H](O)[C@@H](C)[C@H](CC)O[C@H]1C[C@](C)(N)[C@H](O)[C@H](C)O1. The van der Waals surface area contributed by atoms with Gasteiger partial charge in [0.25, 0.3) is 0 Å². The van der Waals surface area contributed by atoms with E-state index in [0.717, 1.165) is 6.08 Å². The third-order valence-corrected chi connectivity index (χ3v) is 21.4. The van der Waals surface area contributed by atoms with Crippen LogP contribution in [-0.4, -0.2) is 283 Å². The molecule has 5 fully saturated rings. The number of rotatable bonds is 15. The number of carbonyl (C=O) groups is 1. The predicted molar refractivity (Wildman–Crippen MR) is 355 cm³/mol. The average molecular weight is 1420 g/mol. The third-order valence-electron chi connectivity index (χ3n) is 21.4. The van der Waals surface area contributed by atoms with Gasteiger partial charge in [0.15, 0.2) is 30.9 Å². The number of fused-ring (bicyclic) bond motifs is 2. The molecule has 6 aliphatic heterocycles. The van der Waals surface area contributed by atoms with E-state index in [2.05, 4.69) is 0 Å². The van der Waals surface area contributed by atoms with Crippen LogP contribution in [0.4, 0.5) is 0 Å². The van der Waals surface area contributed by atoms with Crippen molar-refractivity contribution in [3.05, 3.63) is 48.1 Å². The Kier molecular flexibility index (Phi) is 32.3. The number of esters is 1. The molecular weight excluding hydrogens is 1300 g/mol. The minimum absolute atomic E-state index is 0.00855. The van der Waals surface area contributed by atoms with Crippen molar-refractivity contribution in [3.63, 3.8) is 0 Å². The van der Waals surface area contributed by atoms with E-state index < -0.39 is 243 Å². The number of nitrogens with two attached hydrogens (primary N) is 2. The molecule has 0 aromatic heterocycles. The molecule has 0 radical (unpaired) electrons. The Morgan fingerprint density at radius 1 is 0.626 bits per heavy atom. The molecule has 6 aliphatic rings. The molecule has 0 unspecified atom stereocenters. The van der Waals surface area contributed by atoms with Gasteiger partial charge in [0.1, 0.15) is 48.8 Å². The Balaban J connectivity index is 1.32. The largest absolute Gasteiger partial charge is 0.455 e. The van der Waals surface area contributed by atoms with Crippen LogP contribution >= 0.6 is 0 Å². The number of aliphatic hydroxyl groups excluding tert-OH is 15. The van der Waals surface area contributed by atoms with E-state index >= 15 is 0 Å². The smallest absolute Gasteiger partial charge is 0.331 e. The summed E-state index contributed by atoms with van der Waals surface area (Å²) in [6, 6.07) is -0.849. The molecule has 6 heterocycles. The van der Waals surface area contributed by atoms with Crippen molar-refractivity contribution in [2.75, 3.05) is 0 Å². The highest BCUT2D eigenvalue weighted by Crippen LogP contribution is 2.41. The predicted octanol–water partition coefficient (Wildman–Crippen LogP) is -0.670. The Morgan fingerprint density at radius 3 is 1.87 bits per heavy atom. The van der Waals surface area contributed by atoms with Crippen molar-refractivity contribution >= 4 is 5.97 Å². The monoisotopic (exact) mass is 1420 g/mol.